The molecule has 25 heavy (non-hydrogen) atoms. The number of carboxylic acids is 1. The molecule has 0 aromatic heterocycles. The van der Waals surface area contributed by atoms with Crippen LogP contribution < -0.4 is 5.32 Å². The van der Waals surface area contributed by atoms with E-state index in [4.69, 9.17) is 5.11 Å². The van der Waals surface area contributed by atoms with Crippen LogP contribution in [0, 0.1) is 0 Å². The molecule has 2 aromatic carbocycles. The molecule has 8 heteroatoms. The molecule has 1 amide bonds. The number of rotatable bonds is 7. The highest BCUT2D eigenvalue weighted by Crippen LogP contribution is 2.13. The van der Waals surface area contributed by atoms with E-state index in [1.165, 1.54) is 12.1 Å². The molecule has 0 radical (unpaired) electrons. The molecule has 1 atom stereocenters. The van der Waals surface area contributed by atoms with Gasteiger partial charge in [0.1, 0.15) is 0 Å². The Morgan fingerprint density at radius 3 is 2.40 bits per heavy atom. The Hall–Kier alpha value is -2.16. The maximum absolute atomic E-state index is 12.2. The smallest absolute Gasteiger partial charge is 0.475 e. The van der Waals surface area contributed by atoms with Crippen LogP contribution in [0.25, 0.3) is 0 Å². The maximum Gasteiger partial charge on any atom is 0.475 e. The van der Waals surface area contributed by atoms with Crippen molar-refractivity contribution in [1.29, 1.82) is 0 Å². The zero-order valence-electron chi connectivity index (χ0n) is 13.2. The van der Waals surface area contributed by atoms with E-state index < -0.39 is 19.0 Å². The van der Waals surface area contributed by atoms with Crippen LogP contribution in [0.3, 0.4) is 0 Å². The lowest BCUT2D eigenvalue weighted by Gasteiger charge is -2.18. The van der Waals surface area contributed by atoms with Gasteiger partial charge in [0, 0.05) is 4.47 Å². The second kappa shape index (κ2) is 8.80. The van der Waals surface area contributed by atoms with Crippen molar-refractivity contribution in [2.75, 3.05) is 0 Å². The lowest BCUT2D eigenvalue weighted by molar-refractivity contribution is -0.120. The first kappa shape index (κ1) is 19.2. The highest BCUT2D eigenvalue weighted by atomic mass is 79.9. The largest absolute Gasteiger partial charge is 0.478 e. The zero-order chi connectivity index (χ0) is 18.4. The molecule has 0 saturated carbocycles. The Morgan fingerprint density at radius 1 is 1.08 bits per heavy atom. The predicted octanol–water partition coefficient (Wildman–Crippen LogP) is 1.43. The standard InChI is InChI=1S/C17H17BBrNO5/c19-14-6-2-4-12(8-14)10-16(21)20-15(18(24)25)9-11-3-1-5-13(7-11)17(22)23/h1-8,15,24-25H,9-10H2,(H,20,21)(H,22,23). The van der Waals surface area contributed by atoms with Crippen LogP contribution in [-0.2, 0) is 17.6 Å². The van der Waals surface area contributed by atoms with E-state index in [1.54, 1.807) is 24.3 Å². The molecule has 1 unspecified atom stereocenters. The molecule has 2 aromatic rings. The van der Waals surface area contributed by atoms with Gasteiger partial charge in [0.05, 0.1) is 17.9 Å². The SMILES string of the molecule is O=C(Cc1cccc(Br)c1)NC(Cc1cccc(C(=O)O)c1)B(O)O. The lowest BCUT2D eigenvalue weighted by Crippen LogP contribution is -2.48. The molecule has 0 aliphatic rings. The first-order valence-corrected chi connectivity index (χ1v) is 8.36. The van der Waals surface area contributed by atoms with Crippen molar-refractivity contribution in [3.8, 4) is 0 Å². The number of benzene rings is 2. The average Bonchev–Trinajstić information content (AvgIpc) is 2.54. The molecule has 130 valence electrons. The molecule has 0 fully saturated rings. The second-order valence-electron chi connectivity index (χ2n) is 5.60. The minimum absolute atomic E-state index is 0.0951. The van der Waals surface area contributed by atoms with Crippen LogP contribution >= 0.6 is 15.9 Å². The van der Waals surface area contributed by atoms with Crippen molar-refractivity contribution in [3.05, 3.63) is 69.7 Å². The quantitative estimate of drug-likeness (QED) is 0.521. The Morgan fingerprint density at radius 2 is 1.76 bits per heavy atom. The van der Waals surface area contributed by atoms with E-state index in [1.807, 2.05) is 12.1 Å². The second-order valence-corrected chi connectivity index (χ2v) is 6.52. The predicted molar refractivity (Wildman–Crippen MR) is 97.1 cm³/mol. The Kier molecular flexibility index (Phi) is 6.75. The van der Waals surface area contributed by atoms with Crippen LogP contribution in [-0.4, -0.2) is 40.1 Å². The number of hydrogen-bond donors (Lipinski definition) is 4. The fourth-order valence-electron chi connectivity index (χ4n) is 2.41. The number of hydrogen-bond acceptors (Lipinski definition) is 4. The van der Waals surface area contributed by atoms with Crippen LogP contribution in [0.15, 0.2) is 53.0 Å². The van der Waals surface area contributed by atoms with Gasteiger partial charge in [-0.05, 0) is 41.8 Å². The van der Waals surface area contributed by atoms with Gasteiger partial charge in [0.2, 0.25) is 5.91 Å². The Balaban J connectivity index is 2.04. The number of nitrogens with one attached hydrogen (secondary N) is 1. The van der Waals surface area contributed by atoms with Gasteiger partial charge in [-0.15, -0.1) is 0 Å². The molecule has 0 aliphatic carbocycles. The van der Waals surface area contributed by atoms with E-state index in [0.717, 1.165) is 10.0 Å². The highest BCUT2D eigenvalue weighted by molar-refractivity contribution is 9.10. The number of carbonyl (C=O) groups excluding carboxylic acids is 1. The van der Waals surface area contributed by atoms with E-state index in [-0.39, 0.29) is 24.3 Å². The van der Waals surface area contributed by atoms with E-state index in [0.29, 0.717) is 5.56 Å². The topological polar surface area (TPSA) is 107 Å². The molecule has 0 aliphatic heterocycles. The van der Waals surface area contributed by atoms with Gasteiger partial charge in [-0.25, -0.2) is 4.79 Å². The van der Waals surface area contributed by atoms with Crippen molar-refractivity contribution >= 4 is 34.9 Å². The fraction of sp³-hybridized carbons (Fsp3) is 0.176. The Bertz CT molecular complexity index is 768. The molecule has 0 bridgehead atoms. The zero-order valence-corrected chi connectivity index (χ0v) is 14.8. The van der Waals surface area contributed by atoms with Crippen LogP contribution in [0.2, 0.25) is 0 Å². The van der Waals surface area contributed by atoms with Crippen molar-refractivity contribution < 1.29 is 24.7 Å². The summed E-state index contributed by atoms with van der Waals surface area (Å²) >= 11 is 3.33. The number of carboxylic acid groups (broad SMARTS) is 1. The molecular formula is C17H17BBrNO5. The maximum atomic E-state index is 12.2. The molecular weight excluding hydrogens is 389 g/mol. The number of amides is 1. The summed E-state index contributed by atoms with van der Waals surface area (Å²) in [5, 5.41) is 30.6. The summed E-state index contributed by atoms with van der Waals surface area (Å²) in [5.41, 5.74) is 1.47. The molecule has 0 saturated heterocycles. The minimum Gasteiger partial charge on any atom is -0.478 e. The summed E-state index contributed by atoms with van der Waals surface area (Å²) < 4.78 is 0.849. The molecule has 6 nitrogen and oxygen atoms in total. The minimum atomic E-state index is -1.76. The van der Waals surface area contributed by atoms with E-state index in [9.17, 15) is 19.6 Å². The third-order valence-corrected chi connectivity index (χ3v) is 4.08. The van der Waals surface area contributed by atoms with Crippen LogP contribution in [0.4, 0.5) is 0 Å². The monoisotopic (exact) mass is 405 g/mol. The van der Waals surface area contributed by atoms with Crippen molar-refractivity contribution in [1.82, 2.24) is 5.32 Å². The summed E-state index contributed by atoms with van der Waals surface area (Å²) in [5.74, 6) is -2.36. The van der Waals surface area contributed by atoms with Crippen LogP contribution in [0.5, 0.6) is 0 Å². The van der Waals surface area contributed by atoms with E-state index in [2.05, 4.69) is 21.2 Å². The van der Waals surface area contributed by atoms with Gasteiger partial charge in [0.15, 0.2) is 0 Å². The summed E-state index contributed by atoms with van der Waals surface area (Å²) in [6.07, 6.45) is 0.195. The first-order chi connectivity index (χ1) is 11.8. The summed E-state index contributed by atoms with van der Waals surface area (Å²) in [4.78, 5) is 23.2. The Labute approximate surface area is 153 Å². The van der Waals surface area contributed by atoms with Gasteiger partial charge in [-0.3, -0.25) is 4.79 Å². The normalized spacial score (nSPS) is 11.6. The van der Waals surface area contributed by atoms with Gasteiger partial charge in [-0.1, -0.05) is 40.2 Å². The van der Waals surface area contributed by atoms with E-state index >= 15 is 0 Å². The van der Waals surface area contributed by atoms with Crippen molar-refractivity contribution in [3.63, 3.8) is 0 Å². The third kappa shape index (κ3) is 6.01. The number of halogens is 1. The number of aromatic carboxylic acids is 1. The molecule has 0 spiro atoms. The summed E-state index contributed by atoms with van der Waals surface area (Å²) in [6.45, 7) is 0. The van der Waals surface area contributed by atoms with Gasteiger partial charge in [0.25, 0.3) is 0 Å². The van der Waals surface area contributed by atoms with Gasteiger partial charge in [-0.2, -0.15) is 0 Å². The fourth-order valence-corrected chi connectivity index (χ4v) is 2.85. The van der Waals surface area contributed by atoms with Crippen molar-refractivity contribution in [2.24, 2.45) is 0 Å². The van der Waals surface area contributed by atoms with Gasteiger partial charge >= 0.3 is 13.1 Å². The first-order valence-electron chi connectivity index (χ1n) is 7.57. The summed E-state index contributed by atoms with van der Waals surface area (Å²) in [7, 11) is -1.76. The average molecular weight is 406 g/mol. The third-order valence-electron chi connectivity index (χ3n) is 3.59. The molecule has 4 N–H and O–H groups in total. The van der Waals surface area contributed by atoms with Crippen molar-refractivity contribution in [2.45, 2.75) is 18.8 Å². The highest BCUT2D eigenvalue weighted by Gasteiger charge is 2.25. The lowest BCUT2D eigenvalue weighted by atomic mass is 9.75. The molecule has 0 heterocycles. The molecule has 2 rings (SSSR count). The van der Waals surface area contributed by atoms with Gasteiger partial charge < -0.3 is 20.5 Å². The summed E-state index contributed by atoms with van der Waals surface area (Å²) in [6, 6.07) is 13.4. The van der Waals surface area contributed by atoms with Crippen LogP contribution in [0.1, 0.15) is 21.5 Å². The number of carbonyl (C=O) groups is 2.